The smallest absolute Gasteiger partial charge is 0.262 e. The van der Waals surface area contributed by atoms with Crippen molar-refractivity contribution in [2.75, 3.05) is 7.05 Å². The highest BCUT2D eigenvalue weighted by Crippen LogP contribution is 2.23. The summed E-state index contributed by atoms with van der Waals surface area (Å²) in [5.74, 6) is -0.0828. The molecule has 0 saturated carbocycles. The molecule has 0 bridgehead atoms. The standard InChI is InChI=1S/C11H13N3O2S2/c1-6(8(15)12-2)18-11-13-9-7(4-5-17-9)10(16)14(11)3/h4-6H,1-3H3,(H,12,15). The first kappa shape index (κ1) is 13.1. The van der Waals surface area contributed by atoms with E-state index in [0.717, 1.165) is 0 Å². The number of thiophene rings is 1. The number of hydrogen-bond donors (Lipinski definition) is 1. The molecular weight excluding hydrogens is 270 g/mol. The molecule has 0 aromatic carbocycles. The van der Waals surface area contributed by atoms with Gasteiger partial charge in [0.05, 0.1) is 10.6 Å². The van der Waals surface area contributed by atoms with Gasteiger partial charge in [0.25, 0.3) is 5.56 Å². The molecule has 2 rings (SSSR count). The van der Waals surface area contributed by atoms with Crippen molar-refractivity contribution >= 4 is 39.2 Å². The van der Waals surface area contributed by atoms with Crippen molar-refractivity contribution in [2.45, 2.75) is 17.3 Å². The summed E-state index contributed by atoms with van der Waals surface area (Å²) in [5, 5.41) is 5.32. The summed E-state index contributed by atoms with van der Waals surface area (Å²) in [7, 11) is 3.26. The summed E-state index contributed by atoms with van der Waals surface area (Å²) >= 11 is 2.71. The second-order valence-electron chi connectivity index (χ2n) is 3.77. The lowest BCUT2D eigenvalue weighted by Gasteiger charge is -2.11. The van der Waals surface area contributed by atoms with E-state index in [-0.39, 0.29) is 16.7 Å². The minimum Gasteiger partial charge on any atom is -0.358 e. The predicted molar refractivity (Wildman–Crippen MR) is 74.2 cm³/mol. The van der Waals surface area contributed by atoms with Crippen LogP contribution in [-0.2, 0) is 11.8 Å². The molecule has 1 amide bonds. The Morgan fingerprint density at radius 3 is 3.00 bits per heavy atom. The summed E-state index contributed by atoms with van der Waals surface area (Å²) in [4.78, 5) is 28.7. The lowest BCUT2D eigenvalue weighted by molar-refractivity contribution is -0.119. The second-order valence-corrected chi connectivity index (χ2v) is 5.97. The minimum atomic E-state index is -0.287. The van der Waals surface area contributed by atoms with E-state index in [1.54, 1.807) is 27.1 Å². The van der Waals surface area contributed by atoms with E-state index < -0.39 is 0 Å². The number of carbonyl (C=O) groups is 1. The van der Waals surface area contributed by atoms with Gasteiger partial charge in [-0.25, -0.2) is 4.98 Å². The summed E-state index contributed by atoms with van der Waals surface area (Å²) in [6, 6.07) is 1.77. The zero-order valence-electron chi connectivity index (χ0n) is 10.3. The number of nitrogens with zero attached hydrogens (tertiary/aromatic N) is 2. The van der Waals surface area contributed by atoms with Gasteiger partial charge in [-0.05, 0) is 18.4 Å². The first-order chi connectivity index (χ1) is 8.54. The molecule has 18 heavy (non-hydrogen) atoms. The third-order valence-electron chi connectivity index (χ3n) is 2.56. The first-order valence-corrected chi connectivity index (χ1v) is 7.13. The van der Waals surface area contributed by atoms with E-state index in [1.165, 1.54) is 27.7 Å². The predicted octanol–water partition coefficient (Wildman–Crippen LogP) is 1.22. The molecule has 5 nitrogen and oxygen atoms in total. The molecule has 96 valence electrons. The summed E-state index contributed by atoms with van der Waals surface area (Å²) < 4.78 is 1.49. The van der Waals surface area contributed by atoms with Gasteiger partial charge in [0.15, 0.2) is 5.16 Å². The monoisotopic (exact) mass is 283 g/mol. The Balaban J connectivity index is 2.42. The maximum Gasteiger partial charge on any atom is 0.262 e. The number of fused-ring (bicyclic) bond motifs is 1. The highest BCUT2D eigenvalue weighted by molar-refractivity contribution is 8.00. The zero-order chi connectivity index (χ0) is 13.3. The maximum atomic E-state index is 12.0. The van der Waals surface area contributed by atoms with Crippen molar-refractivity contribution in [1.82, 2.24) is 14.9 Å². The molecule has 1 unspecified atom stereocenters. The number of thioether (sulfide) groups is 1. The van der Waals surface area contributed by atoms with Crippen molar-refractivity contribution in [3.63, 3.8) is 0 Å². The van der Waals surface area contributed by atoms with Crippen molar-refractivity contribution < 1.29 is 4.79 Å². The molecule has 0 radical (unpaired) electrons. The molecule has 0 fully saturated rings. The number of aromatic nitrogens is 2. The van der Waals surface area contributed by atoms with Gasteiger partial charge < -0.3 is 5.32 Å². The molecule has 2 aromatic rings. The largest absolute Gasteiger partial charge is 0.358 e. The Hall–Kier alpha value is -1.34. The van der Waals surface area contributed by atoms with E-state index in [0.29, 0.717) is 15.4 Å². The van der Waals surface area contributed by atoms with Crippen LogP contribution >= 0.6 is 23.1 Å². The van der Waals surface area contributed by atoms with Gasteiger partial charge in [-0.1, -0.05) is 11.8 Å². The molecule has 7 heteroatoms. The summed E-state index contributed by atoms with van der Waals surface area (Å²) in [6.07, 6.45) is 0. The fourth-order valence-electron chi connectivity index (χ4n) is 1.50. The van der Waals surface area contributed by atoms with E-state index in [2.05, 4.69) is 10.3 Å². The summed E-state index contributed by atoms with van der Waals surface area (Å²) in [5.41, 5.74) is -0.0761. The van der Waals surface area contributed by atoms with E-state index in [4.69, 9.17) is 0 Å². The van der Waals surface area contributed by atoms with Gasteiger partial charge >= 0.3 is 0 Å². The highest BCUT2D eigenvalue weighted by Gasteiger charge is 2.17. The number of carbonyl (C=O) groups excluding carboxylic acids is 1. The van der Waals surface area contributed by atoms with Crippen molar-refractivity contribution in [2.24, 2.45) is 7.05 Å². The fraction of sp³-hybridized carbons (Fsp3) is 0.364. The third-order valence-corrected chi connectivity index (χ3v) is 4.51. The molecule has 0 spiro atoms. The number of nitrogens with one attached hydrogen (secondary N) is 1. The van der Waals surface area contributed by atoms with Crippen LogP contribution in [0.4, 0.5) is 0 Å². The Bertz CT molecular complexity index is 647. The van der Waals surface area contributed by atoms with E-state index in [1.807, 2.05) is 5.38 Å². The second kappa shape index (κ2) is 5.11. The maximum absolute atomic E-state index is 12.0. The Morgan fingerprint density at radius 2 is 2.33 bits per heavy atom. The normalized spacial score (nSPS) is 12.6. The van der Waals surface area contributed by atoms with Gasteiger partial charge in [-0.3, -0.25) is 14.2 Å². The average Bonchev–Trinajstić information content (AvgIpc) is 2.82. The molecule has 2 heterocycles. The Labute approximate surface area is 112 Å². The molecule has 0 aliphatic carbocycles. The Kier molecular flexibility index (Phi) is 3.72. The number of rotatable bonds is 3. The zero-order valence-corrected chi connectivity index (χ0v) is 11.9. The van der Waals surface area contributed by atoms with E-state index in [9.17, 15) is 9.59 Å². The Morgan fingerprint density at radius 1 is 1.61 bits per heavy atom. The number of hydrogen-bond acceptors (Lipinski definition) is 5. The molecule has 1 N–H and O–H groups in total. The van der Waals surface area contributed by atoms with Gasteiger partial charge in [0.2, 0.25) is 5.91 Å². The summed E-state index contributed by atoms with van der Waals surface area (Å²) in [6.45, 7) is 1.79. The van der Waals surface area contributed by atoms with Crippen LogP contribution in [-0.4, -0.2) is 27.8 Å². The third kappa shape index (κ3) is 2.28. The van der Waals surface area contributed by atoms with Crippen LogP contribution in [0.25, 0.3) is 10.2 Å². The fourth-order valence-corrected chi connectivity index (χ4v) is 3.24. The quantitative estimate of drug-likeness (QED) is 0.679. The lowest BCUT2D eigenvalue weighted by Crippen LogP contribution is -2.28. The van der Waals surface area contributed by atoms with Crippen molar-refractivity contribution in [1.29, 1.82) is 0 Å². The first-order valence-electron chi connectivity index (χ1n) is 5.37. The van der Waals surface area contributed by atoms with Gasteiger partial charge in [0, 0.05) is 14.1 Å². The van der Waals surface area contributed by atoms with Crippen molar-refractivity contribution in [3.8, 4) is 0 Å². The SMILES string of the molecule is CNC(=O)C(C)Sc1nc2sccc2c(=O)n1C. The molecular formula is C11H13N3O2S2. The lowest BCUT2D eigenvalue weighted by atomic mass is 10.4. The molecule has 0 saturated heterocycles. The van der Waals surface area contributed by atoms with Gasteiger partial charge in [-0.2, -0.15) is 0 Å². The van der Waals surface area contributed by atoms with Crippen LogP contribution in [0.5, 0.6) is 0 Å². The van der Waals surface area contributed by atoms with Crippen LogP contribution in [0.1, 0.15) is 6.92 Å². The van der Waals surface area contributed by atoms with Crippen LogP contribution in [0.2, 0.25) is 0 Å². The molecule has 2 aromatic heterocycles. The van der Waals surface area contributed by atoms with E-state index >= 15 is 0 Å². The van der Waals surface area contributed by atoms with Crippen LogP contribution in [0, 0.1) is 0 Å². The molecule has 1 atom stereocenters. The van der Waals surface area contributed by atoms with Gasteiger partial charge in [0.1, 0.15) is 4.83 Å². The van der Waals surface area contributed by atoms with Gasteiger partial charge in [-0.15, -0.1) is 11.3 Å². The van der Waals surface area contributed by atoms with Crippen LogP contribution < -0.4 is 10.9 Å². The molecule has 0 aliphatic heterocycles. The highest BCUT2D eigenvalue weighted by atomic mass is 32.2. The van der Waals surface area contributed by atoms with Crippen LogP contribution in [0.3, 0.4) is 0 Å². The minimum absolute atomic E-state index is 0.0761. The average molecular weight is 283 g/mol. The van der Waals surface area contributed by atoms with Crippen LogP contribution in [0.15, 0.2) is 21.4 Å². The topological polar surface area (TPSA) is 64.0 Å². The van der Waals surface area contributed by atoms with Crippen molar-refractivity contribution in [3.05, 3.63) is 21.8 Å². The molecule has 0 aliphatic rings. The number of amides is 1.